The van der Waals surface area contributed by atoms with Crippen LogP contribution in [-0.4, -0.2) is 44.1 Å². The molecule has 1 heterocycles. The van der Waals surface area contributed by atoms with E-state index in [-0.39, 0.29) is 12.4 Å². The van der Waals surface area contributed by atoms with Gasteiger partial charge in [0.25, 0.3) is 0 Å². The van der Waals surface area contributed by atoms with Gasteiger partial charge in [-0.1, -0.05) is 18.7 Å². The summed E-state index contributed by atoms with van der Waals surface area (Å²) in [4.78, 5) is 11.6. The SMILES string of the molecule is CCC(=O)c1ccc(OCC(O)CSc2nnc(C3CC3)n2CC)cc1. The van der Waals surface area contributed by atoms with Crippen LogP contribution in [0.5, 0.6) is 5.75 Å². The van der Waals surface area contributed by atoms with E-state index in [4.69, 9.17) is 4.74 Å². The van der Waals surface area contributed by atoms with Gasteiger partial charge in [-0.2, -0.15) is 0 Å². The van der Waals surface area contributed by atoms with E-state index in [2.05, 4.69) is 21.7 Å². The number of hydrogen-bond acceptors (Lipinski definition) is 6. The van der Waals surface area contributed by atoms with Gasteiger partial charge in [0.2, 0.25) is 0 Å². The van der Waals surface area contributed by atoms with Crippen molar-refractivity contribution < 1.29 is 14.6 Å². The van der Waals surface area contributed by atoms with Crippen LogP contribution in [0.15, 0.2) is 29.4 Å². The van der Waals surface area contributed by atoms with E-state index in [1.165, 1.54) is 24.6 Å². The fourth-order valence-corrected chi connectivity index (χ4v) is 3.61. The van der Waals surface area contributed by atoms with Crippen molar-refractivity contribution in [1.82, 2.24) is 14.8 Å². The van der Waals surface area contributed by atoms with Gasteiger partial charge in [-0.25, -0.2) is 0 Å². The average Bonchev–Trinajstić information content (AvgIpc) is 3.44. The third-order valence-electron chi connectivity index (χ3n) is 4.35. The maximum Gasteiger partial charge on any atom is 0.191 e. The van der Waals surface area contributed by atoms with Crippen molar-refractivity contribution in [2.45, 2.75) is 56.8 Å². The molecule has 2 aromatic rings. The maximum atomic E-state index is 11.6. The number of thioether (sulfide) groups is 1. The summed E-state index contributed by atoms with van der Waals surface area (Å²) in [5.41, 5.74) is 0.682. The summed E-state index contributed by atoms with van der Waals surface area (Å²) in [5, 5.41) is 19.6. The minimum Gasteiger partial charge on any atom is -0.491 e. The lowest BCUT2D eigenvalue weighted by Crippen LogP contribution is -2.20. The van der Waals surface area contributed by atoms with Crippen molar-refractivity contribution in [3.8, 4) is 5.75 Å². The molecule has 1 atom stereocenters. The predicted molar refractivity (Wildman–Crippen MR) is 101 cm³/mol. The molecule has 1 aliphatic rings. The molecule has 0 amide bonds. The molecule has 7 heteroatoms. The summed E-state index contributed by atoms with van der Waals surface area (Å²) in [6, 6.07) is 7.04. The lowest BCUT2D eigenvalue weighted by molar-refractivity contribution is 0.0987. The fraction of sp³-hybridized carbons (Fsp3) is 0.526. The van der Waals surface area contributed by atoms with Gasteiger partial charge in [-0.05, 0) is 44.0 Å². The minimum atomic E-state index is -0.608. The number of nitrogens with zero attached hydrogens (tertiary/aromatic N) is 3. The third-order valence-corrected chi connectivity index (χ3v) is 5.46. The molecule has 0 radical (unpaired) electrons. The number of Topliss-reactive ketones (excluding diaryl/α,β-unsaturated/α-hetero) is 1. The summed E-state index contributed by atoms with van der Waals surface area (Å²) in [6.45, 7) is 4.97. The highest BCUT2D eigenvalue weighted by atomic mass is 32.2. The smallest absolute Gasteiger partial charge is 0.191 e. The van der Waals surface area contributed by atoms with Crippen LogP contribution in [0.2, 0.25) is 0 Å². The Kier molecular flexibility index (Phi) is 6.32. The lowest BCUT2D eigenvalue weighted by atomic mass is 10.1. The van der Waals surface area contributed by atoms with E-state index in [1.807, 2.05) is 6.92 Å². The first-order valence-corrected chi connectivity index (χ1v) is 10.1. The van der Waals surface area contributed by atoms with Crippen LogP contribution in [0.1, 0.15) is 55.2 Å². The number of rotatable bonds is 10. The molecule has 0 aliphatic heterocycles. The minimum absolute atomic E-state index is 0.110. The highest BCUT2D eigenvalue weighted by molar-refractivity contribution is 7.99. The zero-order valence-electron chi connectivity index (χ0n) is 15.2. The molecule has 140 valence electrons. The number of hydrogen-bond donors (Lipinski definition) is 1. The van der Waals surface area contributed by atoms with Crippen LogP contribution >= 0.6 is 11.8 Å². The Morgan fingerprint density at radius 2 is 2.04 bits per heavy atom. The van der Waals surface area contributed by atoms with Gasteiger partial charge in [-0.3, -0.25) is 4.79 Å². The molecule has 1 saturated carbocycles. The molecule has 1 aromatic heterocycles. The van der Waals surface area contributed by atoms with Gasteiger partial charge in [0, 0.05) is 30.2 Å². The largest absolute Gasteiger partial charge is 0.491 e. The van der Waals surface area contributed by atoms with Crippen molar-refractivity contribution >= 4 is 17.5 Å². The van der Waals surface area contributed by atoms with Crippen LogP contribution in [0.4, 0.5) is 0 Å². The van der Waals surface area contributed by atoms with Crippen molar-refractivity contribution in [3.63, 3.8) is 0 Å². The highest BCUT2D eigenvalue weighted by Crippen LogP contribution is 2.40. The normalized spacial score (nSPS) is 15.0. The number of ketones is 1. The zero-order chi connectivity index (χ0) is 18.5. The summed E-state index contributed by atoms with van der Waals surface area (Å²) in [5.74, 6) is 2.89. The van der Waals surface area contributed by atoms with Crippen molar-refractivity contribution in [3.05, 3.63) is 35.7 Å². The second kappa shape index (κ2) is 8.68. The van der Waals surface area contributed by atoms with E-state index in [1.54, 1.807) is 24.3 Å². The summed E-state index contributed by atoms with van der Waals surface area (Å²) in [7, 11) is 0. The van der Waals surface area contributed by atoms with Gasteiger partial charge >= 0.3 is 0 Å². The highest BCUT2D eigenvalue weighted by Gasteiger charge is 2.30. The Labute approximate surface area is 158 Å². The molecule has 1 aromatic carbocycles. The molecule has 6 nitrogen and oxygen atoms in total. The Hall–Kier alpha value is -1.86. The molecule has 1 fully saturated rings. The topological polar surface area (TPSA) is 77.2 Å². The second-order valence-electron chi connectivity index (χ2n) is 6.44. The first kappa shape index (κ1) is 18.9. The quantitative estimate of drug-likeness (QED) is 0.507. The molecular formula is C19H25N3O3S. The average molecular weight is 375 g/mol. The Morgan fingerprint density at radius 1 is 1.31 bits per heavy atom. The first-order valence-electron chi connectivity index (χ1n) is 9.12. The van der Waals surface area contributed by atoms with Crippen molar-refractivity contribution in [1.29, 1.82) is 0 Å². The number of benzene rings is 1. The summed E-state index contributed by atoms with van der Waals surface area (Å²) < 4.78 is 7.76. The third kappa shape index (κ3) is 4.65. The number of aliphatic hydroxyl groups excluding tert-OH is 1. The number of ether oxygens (including phenoxy) is 1. The number of aromatic nitrogens is 3. The summed E-state index contributed by atoms with van der Waals surface area (Å²) in [6.07, 6.45) is 2.27. The van der Waals surface area contributed by atoms with Crippen LogP contribution < -0.4 is 4.74 Å². The Balaban J connectivity index is 1.47. The second-order valence-corrected chi connectivity index (χ2v) is 7.42. The molecule has 26 heavy (non-hydrogen) atoms. The van der Waals surface area contributed by atoms with Crippen molar-refractivity contribution in [2.24, 2.45) is 0 Å². The van der Waals surface area contributed by atoms with E-state index in [0.717, 1.165) is 17.5 Å². The Bertz CT molecular complexity index is 741. The number of carbonyl (C=O) groups is 1. The van der Waals surface area contributed by atoms with E-state index >= 15 is 0 Å². The molecule has 0 saturated heterocycles. The first-order chi connectivity index (χ1) is 12.6. The monoisotopic (exact) mass is 375 g/mol. The summed E-state index contributed by atoms with van der Waals surface area (Å²) >= 11 is 1.50. The van der Waals surface area contributed by atoms with Crippen LogP contribution in [0.25, 0.3) is 0 Å². The zero-order valence-corrected chi connectivity index (χ0v) is 16.0. The van der Waals surface area contributed by atoms with Gasteiger partial charge in [0.15, 0.2) is 10.9 Å². The van der Waals surface area contributed by atoms with Crippen molar-refractivity contribution in [2.75, 3.05) is 12.4 Å². The van der Waals surface area contributed by atoms with Gasteiger partial charge < -0.3 is 14.4 Å². The molecular weight excluding hydrogens is 350 g/mol. The van der Waals surface area contributed by atoms with Gasteiger partial charge in [0.1, 0.15) is 18.2 Å². The van der Waals surface area contributed by atoms with Crippen LogP contribution in [0, 0.1) is 0 Å². The van der Waals surface area contributed by atoms with Gasteiger partial charge in [-0.15, -0.1) is 10.2 Å². The molecule has 1 aliphatic carbocycles. The predicted octanol–water partition coefficient (Wildman–Crippen LogP) is 3.30. The number of carbonyl (C=O) groups excluding carboxylic acids is 1. The van der Waals surface area contributed by atoms with E-state index in [9.17, 15) is 9.90 Å². The molecule has 3 rings (SSSR count). The van der Waals surface area contributed by atoms with Gasteiger partial charge in [0.05, 0.1) is 6.10 Å². The fourth-order valence-electron chi connectivity index (χ4n) is 2.70. The standard InChI is InChI=1S/C19H25N3O3S/c1-3-17(24)13-7-9-16(10-8-13)25-11-15(23)12-26-19-21-20-18(14-5-6-14)22(19)4-2/h7-10,14-15,23H,3-6,11-12H2,1-2H3. The number of aliphatic hydroxyl groups is 1. The maximum absolute atomic E-state index is 11.6. The molecule has 1 N–H and O–H groups in total. The molecule has 0 bridgehead atoms. The Morgan fingerprint density at radius 3 is 2.65 bits per heavy atom. The molecule has 0 spiro atoms. The van der Waals surface area contributed by atoms with Crippen LogP contribution in [0.3, 0.4) is 0 Å². The lowest BCUT2D eigenvalue weighted by Gasteiger charge is -2.12. The van der Waals surface area contributed by atoms with E-state index in [0.29, 0.717) is 29.4 Å². The van der Waals surface area contributed by atoms with E-state index < -0.39 is 6.10 Å². The van der Waals surface area contributed by atoms with Crippen LogP contribution in [-0.2, 0) is 6.54 Å². The molecule has 1 unspecified atom stereocenters.